The number of hydrogen-bond donors (Lipinski definition) is 0. The topological polar surface area (TPSA) is 48.2 Å². The number of ether oxygens (including phenoxy) is 1. The first-order valence-corrected chi connectivity index (χ1v) is 20.1. The van der Waals surface area contributed by atoms with Crippen LogP contribution in [0.4, 0.5) is 11.6 Å². The highest BCUT2D eigenvalue weighted by molar-refractivity contribution is 7.10. The van der Waals surface area contributed by atoms with Crippen molar-refractivity contribution in [3.8, 4) is 5.75 Å². The molecule has 0 spiro atoms. The molecular formula is C44H53N5O2S. The average Bonchev–Trinajstić information content (AvgIpc) is 3.87. The largest absolute Gasteiger partial charge is 0.497 e. The van der Waals surface area contributed by atoms with Gasteiger partial charge in [-0.25, -0.2) is 4.98 Å². The number of oxazole rings is 1. The van der Waals surface area contributed by atoms with Gasteiger partial charge in [-0.1, -0.05) is 60.7 Å². The van der Waals surface area contributed by atoms with Crippen molar-refractivity contribution in [2.24, 2.45) is 11.8 Å². The number of methoxy groups -OCH3 is 1. The summed E-state index contributed by atoms with van der Waals surface area (Å²) in [7, 11) is 6.23. The van der Waals surface area contributed by atoms with E-state index in [1.54, 1.807) is 7.11 Å². The highest BCUT2D eigenvalue weighted by atomic mass is 32.1. The van der Waals surface area contributed by atoms with Crippen LogP contribution in [0.5, 0.6) is 5.75 Å². The van der Waals surface area contributed by atoms with E-state index in [1.807, 2.05) is 11.3 Å². The molecular weight excluding hydrogens is 663 g/mol. The van der Waals surface area contributed by atoms with Crippen LogP contribution in [0.1, 0.15) is 70.9 Å². The number of hydrogen-bond acceptors (Lipinski definition) is 8. The van der Waals surface area contributed by atoms with Gasteiger partial charge in [-0.3, -0.25) is 4.90 Å². The molecule has 1 aliphatic carbocycles. The van der Waals surface area contributed by atoms with Crippen molar-refractivity contribution in [1.82, 2.24) is 14.8 Å². The van der Waals surface area contributed by atoms with Gasteiger partial charge in [-0.15, -0.1) is 11.3 Å². The smallest absolute Gasteiger partial charge is 0.220 e. The van der Waals surface area contributed by atoms with Crippen LogP contribution < -0.4 is 14.5 Å². The number of rotatable bonds is 11. The van der Waals surface area contributed by atoms with E-state index in [0.29, 0.717) is 17.9 Å². The standard InChI is InChI=1S/C44H53N5O2S/c1-46(2)41(40-14-9-29-52-40)34-15-17-35(18-16-34)42(49-24-23-33-12-7-8-13-36(33)31-49)43-45-39(30-32-10-5-4-6-11-32)44(51-43)48-27-25-47(26-28-48)37-19-21-38(50-3)22-20-37/h4-14,19-22,29,34-35,41-42H,15-18,23-28,30-31H2,1-3H3. The molecule has 5 aromatic rings. The number of thiophene rings is 1. The fraction of sp³-hybridized carbons (Fsp3) is 0.432. The van der Waals surface area contributed by atoms with Crippen molar-refractivity contribution in [1.29, 1.82) is 0 Å². The molecule has 1 saturated heterocycles. The maximum atomic E-state index is 7.16. The molecule has 2 aliphatic heterocycles. The minimum Gasteiger partial charge on any atom is -0.497 e. The zero-order valence-corrected chi connectivity index (χ0v) is 31.8. The number of benzene rings is 3. The lowest BCUT2D eigenvalue weighted by molar-refractivity contribution is 0.0599. The Morgan fingerprint density at radius 3 is 2.17 bits per heavy atom. The number of piperazine rings is 1. The summed E-state index contributed by atoms with van der Waals surface area (Å²) in [6.45, 7) is 5.63. The summed E-state index contributed by atoms with van der Waals surface area (Å²) in [6.07, 6.45) is 6.67. The van der Waals surface area contributed by atoms with Crippen molar-refractivity contribution in [2.75, 3.05) is 63.7 Å². The van der Waals surface area contributed by atoms with Crippen LogP contribution in [0.15, 0.2) is 101 Å². The van der Waals surface area contributed by atoms with Crippen LogP contribution in [0.25, 0.3) is 0 Å². The van der Waals surface area contributed by atoms with Gasteiger partial charge >= 0.3 is 0 Å². The first kappa shape index (κ1) is 34.9. The van der Waals surface area contributed by atoms with Crippen molar-refractivity contribution >= 4 is 22.9 Å². The Labute approximate surface area is 313 Å². The molecule has 0 bridgehead atoms. The average molecular weight is 716 g/mol. The second-order valence-electron chi connectivity index (χ2n) is 15.2. The van der Waals surface area contributed by atoms with E-state index in [2.05, 4.69) is 130 Å². The number of nitrogens with zero attached hydrogens (tertiary/aromatic N) is 5. The maximum absolute atomic E-state index is 7.16. The first-order chi connectivity index (χ1) is 25.5. The predicted molar refractivity (Wildman–Crippen MR) is 213 cm³/mol. The lowest BCUT2D eigenvalue weighted by Gasteiger charge is -2.42. The zero-order valence-electron chi connectivity index (χ0n) is 31.0. The molecule has 0 N–H and O–H groups in total. The Balaban J connectivity index is 1.09. The van der Waals surface area contributed by atoms with E-state index in [1.165, 1.54) is 52.9 Å². The number of anilines is 2. The summed E-state index contributed by atoms with van der Waals surface area (Å²) in [5.74, 6) is 3.93. The lowest BCUT2D eigenvalue weighted by Crippen LogP contribution is -2.46. The van der Waals surface area contributed by atoms with Gasteiger partial charge in [0.05, 0.1) is 13.2 Å². The minimum atomic E-state index is 0.151. The second-order valence-corrected chi connectivity index (χ2v) is 16.2. The summed E-state index contributed by atoms with van der Waals surface area (Å²) >= 11 is 1.90. The van der Waals surface area contributed by atoms with Crippen LogP contribution in [0.3, 0.4) is 0 Å². The maximum Gasteiger partial charge on any atom is 0.220 e. The summed E-state index contributed by atoms with van der Waals surface area (Å²) in [6, 6.07) is 33.4. The minimum absolute atomic E-state index is 0.151. The monoisotopic (exact) mass is 715 g/mol. The quantitative estimate of drug-likeness (QED) is 0.135. The third-order valence-electron chi connectivity index (χ3n) is 11.8. The first-order valence-electron chi connectivity index (χ1n) is 19.2. The van der Waals surface area contributed by atoms with E-state index in [4.69, 9.17) is 14.1 Å². The summed E-state index contributed by atoms with van der Waals surface area (Å²) in [4.78, 5) is 17.1. The third kappa shape index (κ3) is 7.52. The van der Waals surface area contributed by atoms with Crippen LogP contribution in [0, 0.1) is 11.8 Å². The van der Waals surface area contributed by atoms with Crippen molar-refractivity contribution in [3.63, 3.8) is 0 Å². The molecule has 8 heteroatoms. The Hall–Kier alpha value is -4.11. The number of aromatic nitrogens is 1. The Kier molecular flexibility index (Phi) is 10.7. The molecule has 1 saturated carbocycles. The fourth-order valence-corrected chi connectivity index (χ4v) is 10.2. The van der Waals surface area contributed by atoms with Crippen LogP contribution in [-0.2, 0) is 19.4 Å². The van der Waals surface area contributed by atoms with Gasteiger partial charge in [0.25, 0.3) is 0 Å². The predicted octanol–water partition coefficient (Wildman–Crippen LogP) is 8.87. The summed E-state index contributed by atoms with van der Waals surface area (Å²) < 4.78 is 12.6. The van der Waals surface area contributed by atoms with Gasteiger partial charge in [0.15, 0.2) is 0 Å². The molecule has 2 atom stereocenters. The van der Waals surface area contributed by atoms with E-state index in [-0.39, 0.29) is 6.04 Å². The molecule has 2 aromatic heterocycles. The lowest BCUT2D eigenvalue weighted by atomic mass is 9.74. The van der Waals surface area contributed by atoms with Gasteiger partial charge in [0.1, 0.15) is 11.4 Å². The van der Waals surface area contributed by atoms with E-state index in [9.17, 15) is 0 Å². The normalized spacial score (nSPS) is 20.8. The molecule has 52 heavy (non-hydrogen) atoms. The van der Waals surface area contributed by atoms with Gasteiger partial charge < -0.3 is 23.9 Å². The summed E-state index contributed by atoms with van der Waals surface area (Å²) in [5.41, 5.74) is 6.51. The van der Waals surface area contributed by atoms with E-state index in [0.717, 1.165) is 75.3 Å². The highest BCUT2D eigenvalue weighted by Gasteiger charge is 2.40. The van der Waals surface area contributed by atoms with Gasteiger partial charge in [0.2, 0.25) is 11.8 Å². The molecule has 3 aliphatic rings. The second kappa shape index (κ2) is 15.9. The molecule has 7 nitrogen and oxygen atoms in total. The molecule has 0 amide bonds. The molecule has 0 radical (unpaired) electrons. The molecule has 272 valence electrons. The molecule has 4 heterocycles. The SMILES string of the molecule is COc1ccc(N2CCN(c3oc(C(C4CCC(C(c5cccs5)N(C)C)CC4)N4CCc5ccccc5C4)nc3Cc3ccccc3)CC2)cc1. The van der Waals surface area contributed by atoms with Gasteiger partial charge in [-0.2, -0.15) is 0 Å². The number of fused-ring (bicyclic) bond motifs is 1. The third-order valence-corrected chi connectivity index (χ3v) is 12.8. The zero-order chi connectivity index (χ0) is 35.4. The van der Waals surface area contributed by atoms with Crippen LogP contribution >= 0.6 is 11.3 Å². The van der Waals surface area contributed by atoms with Crippen molar-refractivity contribution in [3.05, 3.63) is 130 Å². The van der Waals surface area contributed by atoms with Gasteiger partial charge in [-0.05, 0) is 110 Å². The Morgan fingerprint density at radius 1 is 0.788 bits per heavy atom. The van der Waals surface area contributed by atoms with E-state index >= 15 is 0 Å². The van der Waals surface area contributed by atoms with E-state index < -0.39 is 0 Å². The van der Waals surface area contributed by atoms with Crippen molar-refractivity contribution < 1.29 is 9.15 Å². The Bertz CT molecular complexity index is 1860. The Morgan fingerprint density at radius 2 is 1.48 bits per heavy atom. The van der Waals surface area contributed by atoms with Gasteiger partial charge in [0, 0.05) is 62.3 Å². The molecule has 2 fully saturated rings. The van der Waals surface area contributed by atoms with Crippen molar-refractivity contribution in [2.45, 2.75) is 57.2 Å². The van der Waals surface area contributed by atoms with Crippen LogP contribution in [0.2, 0.25) is 0 Å². The molecule has 3 aromatic carbocycles. The summed E-state index contributed by atoms with van der Waals surface area (Å²) in [5, 5.41) is 2.23. The molecule has 8 rings (SSSR count). The highest BCUT2D eigenvalue weighted by Crippen LogP contribution is 2.47. The fourth-order valence-electron chi connectivity index (χ4n) is 9.16. The molecule has 2 unspecified atom stereocenters. The van der Waals surface area contributed by atoms with Crippen LogP contribution in [-0.4, -0.2) is 68.7 Å².